The van der Waals surface area contributed by atoms with E-state index in [0.717, 1.165) is 0 Å². The molecule has 0 spiro atoms. The van der Waals surface area contributed by atoms with Gasteiger partial charge in [0.2, 0.25) is 0 Å². The molecule has 7 aromatic carbocycles. The van der Waals surface area contributed by atoms with Crippen LogP contribution in [0, 0.1) is 0 Å². The molecule has 2 nitrogen and oxygen atoms in total. The topological polar surface area (TPSA) is 6.48 Å². The Bertz CT molecular complexity index is 2150. The fourth-order valence-corrected chi connectivity index (χ4v) is 8.04. The number of rotatable bonds is 2. The van der Waals surface area contributed by atoms with Crippen molar-refractivity contribution in [2.75, 3.05) is 9.80 Å². The van der Waals surface area contributed by atoms with Crippen LogP contribution in [0.5, 0.6) is 0 Å². The number of hydrogen-bond donors (Lipinski definition) is 0. The third-order valence-electron chi connectivity index (χ3n) is 10.5. The van der Waals surface area contributed by atoms with Crippen molar-refractivity contribution >= 4 is 55.7 Å². The van der Waals surface area contributed by atoms with Crippen molar-refractivity contribution in [3.05, 3.63) is 168 Å². The lowest BCUT2D eigenvalue weighted by molar-refractivity contribution is 0.616. The van der Waals surface area contributed by atoms with Crippen molar-refractivity contribution in [1.29, 1.82) is 0 Å². The first-order chi connectivity index (χ1) is 22.3. The molecular weight excluding hydrogens is 556 g/mol. The molecule has 7 aromatic rings. The van der Waals surface area contributed by atoms with Crippen molar-refractivity contribution in [1.82, 2.24) is 0 Å². The van der Waals surface area contributed by atoms with Gasteiger partial charge in [0.1, 0.15) is 0 Å². The van der Waals surface area contributed by atoms with Gasteiger partial charge in [0.15, 0.2) is 0 Å². The van der Waals surface area contributed by atoms with E-state index in [1.807, 2.05) is 0 Å². The molecule has 2 aliphatic heterocycles. The Morgan fingerprint density at radius 1 is 0.326 bits per heavy atom. The zero-order valence-corrected chi connectivity index (χ0v) is 26.8. The number of benzene rings is 7. The molecule has 0 bridgehead atoms. The van der Waals surface area contributed by atoms with Gasteiger partial charge in [-0.05, 0) is 104 Å². The second-order valence-electron chi connectivity index (χ2n) is 13.9. The predicted molar refractivity (Wildman–Crippen MR) is 195 cm³/mol. The summed E-state index contributed by atoms with van der Waals surface area (Å²) in [5.41, 5.74) is 12.3. The van der Waals surface area contributed by atoms with Gasteiger partial charge in [-0.2, -0.15) is 0 Å². The fourth-order valence-electron chi connectivity index (χ4n) is 8.04. The number of nitrogens with zero attached hydrogens (tertiary/aromatic N) is 2. The lowest BCUT2D eigenvalue weighted by atomic mass is 9.68. The Morgan fingerprint density at radius 2 is 0.609 bits per heavy atom. The summed E-state index contributed by atoms with van der Waals surface area (Å²) >= 11 is 0. The predicted octanol–water partition coefficient (Wildman–Crippen LogP) is 12.2. The van der Waals surface area contributed by atoms with E-state index >= 15 is 0 Å². The van der Waals surface area contributed by atoms with Gasteiger partial charge in [-0.15, -0.1) is 0 Å². The molecule has 0 fully saturated rings. The number of anilines is 6. The maximum absolute atomic E-state index is 2.51. The Kier molecular flexibility index (Phi) is 5.63. The molecule has 2 aliphatic rings. The van der Waals surface area contributed by atoms with Crippen molar-refractivity contribution in [3.8, 4) is 0 Å². The van der Waals surface area contributed by atoms with Crippen molar-refractivity contribution < 1.29 is 0 Å². The molecule has 0 aliphatic carbocycles. The minimum absolute atomic E-state index is 0.231. The second-order valence-corrected chi connectivity index (χ2v) is 13.9. The molecule has 2 heteroatoms. The second kappa shape index (κ2) is 9.58. The molecule has 46 heavy (non-hydrogen) atoms. The Labute approximate surface area is 271 Å². The van der Waals surface area contributed by atoms with Crippen LogP contribution >= 0.6 is 0 Å². The van der Waals surface area contributed by atoms with Crippen LogP contribution in [0.3, 0.4) is 0 Å². The molecule has 9 rings (SSSR count). The summed E-state index contributed by atoms with van der Waals surface area (Å²) in [6.07, 6.45) is 0. The van der Waals surface area contributed by atoms with Gasteiger partial charge in [-0.1, -0.05) is 113 Å². The van der Waals surface area contributed by atoms with Crippen LogP contribution in [0.15, 0.2) is 146 Å². The van der Waals surface area contributed by atoms with Crippen LogP contribution in [0.25, 0.3) is 21.5 Å². The van der Waals surface area contributed by atoms with Gasteiger partial charge in [0, 0.05) is 22.2 Å². The van der Waals surface area contributed by atoms with Gasteiger partial charge < -0.3 is 9.80 Å². The average Bonchev–Trinajstić information content (AvgIpc) is 3.08. The molecule has 222 valence electrons. The molecule has 2 heterocycles. The molecule has 0 atom stereocenters. The van der Waals surface area contributed by atoms with Crippen LogP contribution in [0.1, 0.15) is 49.9 Å². The lowest BCUT2D eigenvalue weighted by Gasteiger charge is -2.47. The molecule has 0 saturated heterocycles. The third kappa shape index (κ3) is 3.77. The molecule has 0 radical (unpaired) electrons. The molecule has 0 unspecified atom stereocenters. The monoisotopic (exact) mass is 592 g/mol. The maximum Gasteiger partial charge on any atom is 0.0509 e. The van der Waals surface area contributed by atoms with Crippen LogP contribution < -0.4 is 9.80 Å². The summed E-state index contributed by atoms with van der Waals surface area (Å²) in [4.78, 5) is 5.00. The summed E-state index contributed by atoms with van der Waals surface area (Å²) in [5, 5.41) is 5.07. The highest BCUT2D eigenvalue weighted by molar-refractivity contribution is 5.99. The van der Waals surface area contributed by atoms with Crippen molar-refractivity contribution in [2.45, 2.75) is 38.5 Å². The van der Waals surface area contributed by atoms with E-state index in [-0.39, 0.29) is 10.8 Å². The lowest BCUT2D eigenvalue weighted by Crippen LogP contribution is -2.35. The van der Waals surface area contributed by atoms with Crippen LogP contribution in [0.4, 0.5) is 34.1 Å². The quantitative estimate of drug-likeness (QED) is 0.197. The highest BCUT2D eigenvalue weighted by Crippen LogP contribution is 2.59. The van der Waals surface area contributed by atoms with E-state index in [9.17, 15) is 0 Å². The Morgan fingerprint density at radius 3 is 0.978 bits per heavy atom. The van der Waals surface area contributed by atoms with Crippen LogP contribution in [0.2, 0.25) is 0 Å². The maximum atomic E-state index is 2.51. The Balaban J connectivity index is 1.38. The van der Waals surface area contributed by atoms with Crippen molar-refractivity contribution in [2.24, 2.45) is 0 Å². The summed E-state index contributed by atoms with van der Waals surface area (Å²) < 4.78 is 0. The average molecular weight is 593 g/mol. The fraction of sp³-hybridized carbons (Fsp3) is 0.136. The zero-order valence-electron chi connectivity index (χ0n) is 26.8. The first-order valence-corrected chi connectivity index (χ1v) is 16.3. The normalized spacial score (nSPS) is 15.7. The summed E-state index contributed by atoms with van der Waals surface area (Å²) in [6.45, 7) is 9.60. The van der Waals surface area contributed by atoms with Gasteiger partial charge in [-0.3, -0.25) is 0 Å². The zero-order chi connectivity index (χ0) is 31.2. The SMILES string of the molecule is CC1(C)c2cc3c(cc2N(c2ccccc2)c2cc4ccccc4cc21)C(C)(C)c1cc2ccccc2cc1N3c1ccccc1. The molecule has 0 aromatic heterocycles. The summed E-state index contributed by atoms with van der Waals surface area (Å²) in [6, 6.07) is 53.9. The van der Waals surface area contributed by atoms with E-state index in [2.05, 4.69) is 183 Å². The highest BCUT2D eigenvalue weighted by atomic mass is 15.2. The Hall–Kier alpha value is -5.34. The van der Waals surface area contributed by atoms with E-state index in [1.54, 1.807) is 0 Å². The number of hydrogen-bond acceptors (Lipinski definition) is 2. The minimum atomic E-state index is -0.231. The highest BCUT2D eigenvalue weighted by Gasteiger charge is 2.43. The van der Waals surface area contributed by atoms with E-state index in [0.29, 0.717) is 0 Å². The molecular formula is C44H36N2. The number of fused-ring (bicyclic) bond motifs is 6. The van der Waals surface area contributed by atoms with Gasteiger partial charge in [0.25, 0.3) is 0 Å². The summed E-state index contributed by atoms with van der Waals surface area (Å²) in [5.74, 6) is 0. The molecule has 0 saturated carbocycles. The third-order valence-corrected chi connectivity index (χ3v) is 10.5. The standard InChI is InChI=1S/C44H36N2/c1-43(2)35-23-29-15-11-13-17-31(29)25-39(35)45(33-19-7-5-8-20-33)41-28-38-42(27-37(41)43)46(34-21-9-6-10-22-34)40-26-32-18-14-12-16-30(32)24-36(40)44(38,3)4/h5-28H,1-4H3. The van der Waals surface area contributed by atoms with Crippen LogP contribution in [-0.4, -0.2) is 0 Å². The van der Waals surface area contributed by atoms with Gasteiger partial charge >= 0.3 is 0 Å². The smallest absolute Gasteiger partial charge is 0.0509 e. The number of para-hydroxylation sites is 2. The van der Waals surface area contributed by atoms with Crippen molar-refractivity contribution in [3.63, 3.8) is 0 Å². The first kappa shape index (κ1) is 27.0. The van der Waals surface area contributed by atoms with Crippen LogP contribution in [-0.2, 0) is 10.8 Å². The van der Waals surface area contributed by atoms with Gasteiger partial charge in [0.05, 0.1) is 22.7 Å². The van der Waals surface area contributed by atoms with E-state index < -0.39 is 0 Å². The minimum Gasteiger partial charge on any atom is -0.310 e. The summed E-state index contributed by atoms with van der Waals surface area (Å²) in [7, 11) is 0. The van der Waals surface area contributed by atoms with Gasteiger partial charge in [-0.25, -0.2) is 0 Å². The molecule has 0 N–H and O–H groups in total. The molecule has 0 amide bonds. The first-order valence-electron chi connectivity index (χ1n) is 16.3. The largest absolute Gasteiger partial charge is 0.310 e. The van der Waals surface area contributed by atoms with E-state index in [4.69, 9.17) is 0 Å². The van der Waals surface area contributed by atoms with E-state index in [1.165, 1.54) is 77.9 Å².